The van der Waals surface area contributed by atoms with E-state index in [9.17, 15) is 4.79 Å². The van der Waals surface area contributed by atoms with Crippen LogP contribution in [-0.4, -0.2) is 42.2 Å². The molecule has 1 aliphatic heterocycles. The Bertz CT molecular complexity index is 1650. The highest BCUT2D eigenvalue weighted by molar-refractivity contribution is 6.35. The van der Waals surface area contributed by atoms with Gasteiger partial charge >= 0.3 is 0 Å². The van der Waals surface area contributed by atoms with Crippen LogP contribution in [0.15, 0.2) is 96.0 Å². The number of rotatable bonds is 13. The minimum Gasteiger partial charge on any atom is -0.494 e. The summed E-state index contributed by atoms with van der Waals surface area (Å²) in [6.07, 6.45) is 0.413. The third-order valence-electron chi connectivity index (χ3n) is 7.33. The van der Waals surface area contributed by atoms with E-state index in [2.05, 4.69) is 10.9 Å². The first kappa shape index (κ1) is 33.1. The second-order valence-electron chi connectivity index (χ2n) is 10.5. The van der Waals surface area contributed by atoms with Crippen molar-refractivity contribution in [1.29, 1.82) is 0 Å². The lowest BCUT2D eigenvalue weighted by atomic mass is 9.82. The van der Waals surface area contributed by atoms with E-state index in [1.807, 2.05) is 48.5 Å². The van der Waals surface area contributed by atoms with Crippen LogP contribution in [0.4, 0.5) is 0 Å². The van der Waals surface area contributed by atoms with Gasteiger partial charge in [-0.3, -0.25) is 10.2 Å². The molecule has 0 saturated carbocycles. The summed E-state index contributed by atoms with van der Waals surface area (Å²) in [6.45, 7) is 0.838. The number of amides is 1. The molecule has 4 aromatic rings. The van der Waals surface area contributed by atoms with Crippen molar-refractivity contribution in [3.05, 3.63) is 133 Å². The fraction of sp³-hybridized carbons (Fsp3) is 0.235. The maximum absolute atomic E-state index is 14.3. The van der Waals surface area contributed by atoms with Crippen LogP contribution in [0.25, 0.3) is 0 Å². The number of benzene rings is 4. The van der Waals surface area contributed by atoms with E-state index >= 15 is 0 Å². The monoisotopic (exact) mass is 685 g/mol. The third-order valence-corrected chi connectivity index (χ3v) is 8.48. The van der Waals surface area contributed by atoms with Crippen molar-refractivity contribution in [3.63, 3.8) is 0 Å². The zero-order valence-electron chi connectivity index (χ0n) is 24.1. The van der Waals surface area contributed by atoms with Crippen molar-refractivity contribution in [3.8, 4) is 5.75 Å². The van der Waals surface area contributed by atoms with Crippen molar-refractivity contribution in [2.75, 3.05) is 19.8 Å². The molecule has 7 nitrogen and oxygen atoms in total. The summed E-state index contributed by atoms with van der Waals surface area (Å²) >= 11 is 25.3. The smallest absolute Gasteiger partial charge is 0.266 e. The SMILES string of the molecule is O=C(NNCCc1ccc(Cl)cc1Cl)[C@@]1(Cc2ccccc2)N=C(c2ccc(OCCCO)cc2)O[C@H]1c1ccc(Cl)cc1Cl. The molecule has 0 bridgehead atoms. The van der Waals surface area contributed by atoms with Crippen molar-refractivity contribution in [2.45, 2.75) is 30.9 Å². The van der Waals surface area contributed by atoms with Crippen molar-refractivity contribution in [2.24, 2.45) is 4.99 Å². The lowest BCUT2D eigenvalue weighted by molar-refractivity contribution is -0.130. The highest BCUT2D eigenvalue weighted by Crippen LogP contribution is 2.45. The molecule has 0 spiro atoms. The summed E-state index contributed by atoms with van der Waals surface area (Å²) < 4.78 is 12.2. The summed E-state index contributed by atoms with van der Waals surface area (Å²) in [5.41, 5.74) is 7.47. The summed E-state index contributed by atoms with van der Waals surface area (Å²) in [5.74, 6) is 0.525. The Hall–Kier alpha value is -3.30. The first-order chi connectivity index (χ1) is 21.8. The Morgan fingerprint density at radius 1 is 0.911 bits per heavy atom. The fourth-order valence-corrected chi connectivity index (χ4v) is 6.06. The van der Waals surface area contributed by atoms with Gasteiger partial charge < -0.3 is 14.6 Å². The number of hydrogen-bond donors (Lipinski definition) is 3. The zero-order chi connectivity index (χ0) is 31.8. The van der Waals surface area contributed by atoms with Crippen LogP contribution in [-0.2, 0) is 22.4 Å². The maximum Gasteiger partial charge on any atom is 0.266 e. The molecule has 0 unspecified atom stereocenters. The number of nitrogens with zero attached hydrogens (tertiary/aromatic N) is 1. The van der Waals surface area contributed by atoms with Gasteiger partial charge in [0.05, 0.1) is 6.61 Å². The molecule has 0 aliphatic carbocycles. The lowest BCUT2D eigenvalue weighted by Gasteiger charge is -2.31. The first-order valence-corrected chi connectivity index (χ1v) is 15.9. The third kappa shape index (κ3) is 8.11. The van der Waals surface area contributed by atoms with Crippen molar-refractivity contribution >= 4 is 58.2 Å². The van der Waals surface area contributed by atoms with E-state index < -0.39 is 17.6 Å². The van der Waals surface area contributed by atoms with Gasteiger partial charge in [-0.15, -0.1) is 0 Å². The molecular formula is C34H31Cl4N3O4. The molecule has 2 atom stereocenters. The molecule has 45 heavy (non-hydrogen) atoms. The molecule has 0 aromatic heterocycles. The second kappa shape index (κ2) is 15.3. The normalized spacial score (nSPS) is 17.4. The second-order valence-corrected chi connectivity index (χ2v) is 12.2. The van der Waals surface area contributed by atoms with E-state index in [1.54, 1.807) is 42.5 Å². The van der Waals surface area contributed by atoms with E-state index in [0.29, 0.717) is 63.0 Å². The van der Waals surface area contributed by atoms with Gasteiger partial charge in [-0.05, 0) is 66.1 Å². The average Bonchev–Trinajstić information content (AvgIpc) is 3.41. The highest BCUT2D eigenvalue weighted by atomic mass is 35.5. The Kier molecular flexibility index (Phi) is 11.3. The Morgan fingerprint density at radius 2 is 1.62 bits per heavy atom. The van der Waals surface area contributed by atoms with Gasteiger partial charge in [-0.1, -0.05) is 88.9 Å². The van der Waals surface area contributed by atoms with E-state index in [0.717, 1.165) is 11.1 Å². The number of nitrogens with one attached hydrogen (secondary N) is 2. The van der Waals surface area contributed by atoms with Crippen molar-refractivity contribution in [1.82, 2.24) is 10.9 Å². The number of aliphatic imine (C=N–C) groups is 1. The predicted octanol–water partition coefficient (Wildman–Crippen LogP) is 7.42. The summed E-state index contributed by atoms with van der Waals surface area (Å²) in [5, 5.41) is 11.0. The molecule has 4 aromatic carbocycles. The molecule has 5 rings (SSSR count). The summed E-state index contributed by atoms with van der Waals surface area (Å²) in [7, 11) is 0. The number of ether oxygens (including phenoxy) is 2. The minimum atomic E-state index is -1.45. The van der Waals surface area contributed by atoms with E-state index in [4.69, 9.17) is 66.0 Å². The lowest BCUT2D eigenvalue weighted by Crippen LogP contribution is -2.54. The highest BCUT2D eigenvalue weighted by Gasteiger charge is 2.54. The number of carbonyl (C=O) groups excluding carboxylic acids is 1. The van der Waals surface area contributed by atoms with Crippen LogP contribution < -0.4 is 15.6 Å². The topological polar surface area (TPSA) is 92.2 Å². The molecule has 3 N–H and O–H groups in total. The van der Waals surface area contributed by atoms with Crippen LogP contribution in [0.1, 0.15) is 34.8 Å². The van der Waals surface area contributed by atoms with E-state index in [-0.39, 0.29) is 18.9 Å². The molecule has 11 heteroatoms. The first-order valence-electron chi connectivity index (χ1n) is 14.4. The average molecular weight is 687 g/mol. The van der Waals surface area contributed by atoms with Crippen LogP contribution in [0, 0.1) is 0 Å². The maximum atomic E-state index is 14.3. The Labute approximate surface area is 282 Å². The van der Waals surface area contributed by atoms with E-state index in [1.165, 1.54) is 0 Å². The standard InChI is InChI=1S/C34H31Cl4N3O4/c35-25-10-7-23(29(37)19-25)15-16-39-41-33(43)34(21-22-5-2-1-3-6-22)31(28-14-11-26(36)20-30(28)38)45-32(40-34)24-8-12-27(13-9-24)44-18-4-17-42/h1-3,5-14,19-20,31,39,42H,4,15-18,21H2,(H,41,43)/t31-,34-/m0/s1. The van der Waals surface area contributed by atoms with Gasteiger partial charge in [0, 0.05) is 57.2 Å². The summed E-state index contributed by atoms with van der Waals surface area (Å²) in [4.78, 5) is 19.3. The number of halogens is 4. The summed E-state index contributed by atoms with van der Waals surface area (Å²) in [6, 6.07) is 27.3. The zero-order valence-corrected chi connectivity index (χ0v) is 27.1. The van der Waals surface area contributed by atoms with Crippen LogP contribution in [0.3, 0.4) is 0 Å². The number of aliphatic hydroxyl groups is 1. The molecule has 0 fully saturated rings. The number of hydrazine groups is 1. The molecular weight excluding hydrogens is 656 g/mol. The van der Waals surface area contributed by atoms with Crippen LogP contribution >= 0.6 is 46.4 Å². The fourth-order valence-electron chi connectivity index (χ4n) is 5.05. The number of hydrogen-bond acceptors (Lipinski definition) is 6. The van der Waals surface area contributed by atoms with Gasteiger partial charge in [0.2, 0.25) is 5.90 Å². The molecule has 0 saturated heterocycles. The van der Waals surface area contributed by atoms with Crippen molar-refractivity contribution < 1.29 is 19.4 Å². The molecule has 0 radical (unpaired) electrons. The van der Waals surface area contributed by atoms with Gasteiger partial charge in [0.15, 0.2) is 11.6 Å². The Morgan fingerprint density at radius 3 is 2.31 bits per heavy atom. The molecule has 1 amide bonds. The molecule has 1 aliphatic rings. The van der Waals surface area contributed by atoms with Gasteiger partial charge in [-0.2, -0.15) is 0 Å². The van der Waals surface area contributed by atoms with Gasteiger partial charge in [-0.25, -0.2) is 10.4 Å². The Balaban J connectivity index is 1.48. The van der Waals surface area contributed by atoms with Crippen LogP contribution in [0.5, 0.6) is 5.75 Å². The molecule has 1 heterocycles. The quantitative estimate of drug-likeness (QED) is 0.101. The number of aliphatic hydroxyl groups excluding tert-OH is 1. The predicted molar refractivity (Wildman–Crippen MR) is 180 cm³/mol. The number of carbonyl (C=O) groups is 1. The minimum absolute atomic E-state index is 0.0483. The van der Waals surface area contributed by atoms with Gasteiger partial charge in [0.1, 0.15) is 5.75 Å². The largest absolute Gasteiger partial charge is 0.494 e. The molecule has 234 valence electrons. The van der Waals surface area contributed by atoms with Gasteiger partial charge in [0.25, 0.3) is 5.91 Å². The van der Waals surface area contributed by atoms with Crippen LogP contribution in [0.2, 0.25) is 20.1 Å².